The van der Waals surface area contributed by atoms with Gasteiger partial charge in [-0.1, -0.05) is 19.1 Å². The van der Waals surface area contributed by atoms with Gasteiger partial charge in [-0.3, -0.25) is 15.0 Å². The Morgan fingerprint density at radius 2 is 2.16 bits per heavy atom. The molecule has 31 heavy (non-hydrogen) atoms. The van der Waals surface area contributed by atoms with Gasteiger partial charge in [-0.15, -0.1) is 11.3 Å². The highest BCUT2D eigenvalue weighted by atomic mass is 32.1. The van der Waals surface area contributed by atoms with Gasteiger partial charge in [0.05, 0.1) is 11.4 Å². The molecule has 158 valence electrons. The summed E-state index contributed by atoms with van der Waals surface area (Å²) in [6.07, 6.45) is 4.82. The van der Waals surface area contributed by atoms with Gasteiger partial charge in [0.1, 0.15) is 18.0 Å². The van der Waals surface area contributed by atoms with Gasteiger partial charge in [0.25, 0.3) is 5.91 Å². The summed E-state index contributed by atoms with van der Waals surface area (Å²) >= 11 is 1.56. The van der Waals surface area contributed by atoms with E-state index in [-0.39, 0.29) is 5.91 Å². The van der Waals surface area contributed by atoms with Crippen molar-refractivity contribution in [2.45, 2.75) is 26.5 Å². The van der Waals surface area contributed by atoms with E-state index in [9.17, 15) is 4.79 Å². The lowest BCUT2D eigenvalue weighted by atomic mass is 10.2. The molecule has 4 heterocycles. The molecule has 0 atom stereocenters. The average molecular weight is 434 g/mol. The summed E-state index contributed by atoms with van der Waals surface area (Å²) in [7, 11) is 0. The minimum Gasteiger partial charge on any atom is -0.487 e. The average Bonchev–Trinajstić information content (AvgIpc) is 3.40. The number of nitrogens with zero attached hydrogens (tertiary/aromatic N) is 4. The second kappa shape index (κ2) is 8.49. The number of aromatic nitrogens is 3. The van der Waals surface area contributed by atoms with Crippen molar-refractivity contribution in [3.8, 4) is 5.75 Å². The zero-order valence-electron chi connectivity index (χ0n) is 17.2. The first-order valence-corrected chi connectivity index (χ1v) is 11.2. The monoisotopic (exact) mass is 433 g/mol. The SMILES string of the molecule is CCN1CCc2nc(NC(=O)c3cccc(OCc4cn5ccccc5n4)c3)sc2C1. The number of anilines is 1. The standard InChI is InChI=1S/C23H23N5O2S/c1-2-27-11-9-19-20(14-27)31-23(25-19)26-22(29)16-6-5-7-18(12-16)30-15-17-13-28-10-4-3-8-21(28)24-17/h3-8,10,12-13H,2,9,11,14-15H2,1H3,(H,25,26,29). The molecule has 0 spiro atoms. The molecule has 0 saturated carbocycles. The summed E-state index contributed by atoms with van der Waals surface area (Å²) < 4.78 is 7.83. The molecular formula is C23H23N5O2S. The van der Waals surface area contributed by atoms with Crippen LogP contribution in [0.2, 0.25) is 0 Å². The van der Waals surface area contributed by atoms with Crippen molar-refractivity contribution < 1.29 is 9.53 Å². The van der Waals surface area contributed by atoms with Crippen LogP contribution in [0, 0.1) is 0 Å². The summed E-state index contributed by atoms with van der Waals surface area (Å²) in [5.41, 5.74) is 3.35. The molecular weight excluding hydrogens is 410 g/mol. The van der Waals surface area contributed by atoms with Crippen LogP contribution < -0.4 is 10.1 Å². The molecule has 1 amide bonds. The molecule has 8 heteroatoms. The zero-order chi connectivity index (χ0) is 21.2. The lowest BCUT2D eigenvalue weighted by Gasteiger charge is -2.23. The molecule has 0 bridgehead atoms. The Balaban J connectivity index is 1.24. The number of carbonyl (C=O) groups excluding carboxylic acids is 1. The Bertz CT molecular complexity index is 1200. The van der Waals surface area contributed by atoms with Gasteiger partial charge in [0.15, 0.2) is 5.13 Å². The van der Waals surface area contributed by atoms with E-state index >= 15 is 0 Å². The predicted octanol–water partition coefficient (Wildman–Crippen LogP) is 4.00. The fourth-order valence-electron chi connectivity index (χ4n) is 3.68. The fourth-order valence-corrected chi connectivity index (χ4v) is 4.73. The number of hydrogen-bond acceptors (Lipinski definition) is 6. The van der Waals surface area contributed by atoms with E-state index in [1.165, 1.54) is 4.88 Å². The normalized spacial score (nSPS) is 13.8. The molecule has 3 aromatic heterocycles. The van der Waals surface area contributed by atoms with Crippen LogP contribution in [-0.4, -0.2) is 38.3 Å². The van der Waals surface area contributed by atoms with Crippen LogP contribution in [0.5, 0.6) is 5.75 Å². The summed E-state index contributed by atoms with van der Waals surface area (Å²) in [6.45, 7) is 5.46. The van der Waals surface area contributed by atoms with Crippen molar-refractivity contribution >= 4 is 28.0 Å². The Kier molecular flexibility index (Phi) is 5.40. The van der Waals surface area contributed by atoms with Crippen LogP contribution in [-0.2, 0) is 19.6 Å². The van der Waals surface area contributed by atoms with Gasteiger partial charge < -0.3 is 9.14 Å². The van der Waals surface area contributed by atoms with Crippen LogP contribution in [0.1, 0.15) is 33.5 Å². The van der Waals surface area contributed by atoms with Crippen molar-refractivity contribution in [2.75, 3.05) is 18.4 Å². The Morgan fingerprint density at radius 1 is 1.23 bits per heavy atom. The molecule has 0 saturated heterocycles. The van der Waals surface area contributed by atoms with E-state index in [0.717, 1.165) is 43.1 Å². The molecule has 0 aliphatic carbocycles. The first-order chi connectivity index (χ1) is 15.2. The van der Waals surface area contributed by atoms with E-state index in [2.05, 4.69) is 27.1 Å². The topological polar surface area (TPSA) is 71.8 Å². The van der Waals surface area contributed by atoms with Crippen LogP contribution in [0.25, 0.3) is 5.65 Å². The zero-order valence-corrected chi connectivity index (χ0v) is 18.1. The van der Waals surface area contributed by atoms with Crippen molar-refractivity contribution in [3.63, 3.8) is 0 Å². The second-order valence-corrected chi connectivity index (χ2v) is 8.56. The Hall–Kier alpha value is -3.23. The number of pyridine rings is 1. The molecule has 5 rings (SSSR count). The number of nitrogens with one attached hydrogen (secondary N) is 1. The van der Waals surface area contributed by atoms with Gasteiger partial charge in [0, 0.05) is 42.3 Å². The lowest BCUT2D eigenvalue weighted by Crippen LogP contribution is -2.29. The Labute approximate surface area is 184 Å². The first-order valence-electron chi connectivity index (χ1n) is 10.4. The number of amides is 1. The van der Waals surface area contributed by atoms with Crippen LogP contribution in [0.3, 0.4) is 0 Å². The van der Waals surface area contributed by atoms with Crippen molar-refractivity contribution in [2.24, 2.45) is 0 Å². The number of hydrogen-bond donors (Lipinski definition) is 1. The van der Waals surface area contributed by atoms with Crippen LogP contribution in [0.4, 0.5) is 5.13 Å². The second-order valence-electron chi connectivity index (χ2n) is 7.48. The third-order valence-electron chi connectivity index (χ3n) is 5.37. The van der Waals surface area contributed by atoms with Crippen molar-refractivity contribution in [3.05, 3.63) is 76.7 Å². The van der Waals surface area contributed by atoms with E-state index < -0.39 is 0 Å². The van der Waals surface area contributed by atoms with Crippen LogP contribution >= 0.6 is 11.3 Å². The molecule has 1 aromatic carbocycles. The molecule has 0 fully saturated rings. The first kappa shape index (κ1) is 19.7. The van der Waals surface area contributed by atoms with E-state index in [1.54, 1.807) is 23.5 Å². The van der Waals surface area contributed by atoms with Crippen molar-refractivity contribution in [1.82, 2.24) is 19.3 Å². The third-order valence-corrected chi connectivity index (χ3v) is 6.37. The molecule has 0 radical (unpaired) electrons. The quantitative estimate of drug-likeness (QED) is 0.498. The Morgan fingerprint density at radius 3 is 3.03 bits per heavy atom. The minimum atomic E-state index is -0.184. The van der Waals surface area contributed by atoms with Gasteiger partial charge >= 0.3 is 0 Å². The third kappa shape index (κ3) is 4.30. The molecule has 1 aliphatic heterocycles. The van der Waals surface area contributed by atoms with E-state index in [0.29, 0.717) is 23.1 Å². The number of rotatable bonds is 6. The van der Waals surface area contributed by atoms with Crippen LogP contribution in [0.15, 0.2) is 54.9 Å². The summed E-state index contributed by atoms with van der Waals surface area (Å²) in [6, 6.07) is 13.0. The number of thiazole rings is 1. The molecule has 1 N–H and O–H groups in total. The molecule has 7 nitrogen and oxygen atoms in total. The number of imidazole rings is 1. The maximum atomic E-state index is 12.8. The molecule has 1 aliphatic rings. The van der Waals surface area contributed by atoms with Gasteiger partial charge in [-0.2, -0.15) is 0 Å². The summed E-state index contributed by atoms with van der Waals surface area (Å²) in [4.78, 5) is 25.5. The smallest absolute Gasteiger partial charge is 0.257 e. The lowest BCUT2D eigenvalue weighted by molar-refractivity contribution is 0.102. The highest BCUT2D eigenvalue weighted by Crippen LogP contribution is 2.28. The summed E-state index contributed by atoms with van der Waals surface area (Å²) in [5.74, 6) is 0.443. The maximum absolute atomic E-state index is 12.8. The number of ether oxygens (including phenoxy) is 1. The van der Waals surface area contributed by atoms with Crippen molar-refractivity contribution in [1.29, 1.82) is 0 Å². The number of likely N-dealkylation sites (N-methyl/N-ethyl adjacent to an activating group) is 1. The highest BCUT2D eigenvalue weighted by molar-refractivity contribution is 7.15. The summed E-state index contributed by atoms with van der Waals surface area (Å²) in [5, 5.41) is 3.60. The van der Waals surface area contributed by atoms with Gasteiger partial charge in [0.2, 0.25) is 0 Å². The predicted molar refractivity (Wildman–Crippen MR) is 121 cm³/mol. The fraction of sp³-hybridized carbons (Fsp3) is 0.261. The molecule has 4 aromatic rings. The van der Waals surface area contributed by atoms with Gasteiger partial charge in [-0.05, 0) is 36.9 Å². The number of carbonyl (C=O) groups is 1. The largest absolute Gasteiger partial charge is 0.487 e. The number of fused-ring (bicyclic) bond motifs is 2. The molecule has 0 unspecified atom stereocenters. The van der Waals surface area contributed by atoms with E-state index in [4.69, 9.17) is 4.74 Å². The highest BCUT2D eigenvalue weighted by Gasteiger charge is 2.20. The number of benzene rings is 1. The van der Waals surface area contributed by atoms with Gasteiger partial charge in [-0.25, -0.2) is 9.97 Å². The van der Waals surface area contributed by atoms with E-state index in [1.807, 2.05) is 47.1 Å². The maximum Gasteiger partial charge on any atom is 0.257 e. The minimum absolute atomic E-state index is 0.184.